The van der Waals surface area contributed by atoms with Gasteiger partial charge in [0.25, 0.3) is 0 Å². The molecule has 1 N–H and O–H groups in total. The molecule has 1 heteroatoms. The quantitative estimate of drug-likeness (QED) is 0.639. The Kier molecular flexibility index (Phi) is 5.43. The molecule has 84 valence electrons. The molecule has 0 spiro atoms. The van der Waals surface area contributed by atoms with Gasteiger partial charge in [0, 0.05) is 5.54 Å². The minimum Gasteiger partial charge on any atom is -0.312 e. The molecule has 0 amide bonds. The van der Waals surface area contributed by atoms with Crippen molar-refractivity contribution in [1.29, 1.82) is 0 Å². The highest BCUT2D eigenvalue weighted by atomic mass is 14.9. The SMILES string of the molecule is C=CCCC(C)(C)CCNC(C)(C)C. The first kappa shape index (κ1) is 13.7. The highest BCUT2D eigenvalue weighted by Crippen LogP contribution is 2.26. The van der Waals surface area contributed by atoms with Gasteiger partial charge in [0.1, 0.15) is 0 Å². The van der Waals surface area contributed by atoms with Crippen molar-refractivity contribution < 1.29 is 0 Å². The predicted octanol–water partition coefficient (Wildman–Crippen LogP) is 3.76. The normalized spacial score (nSPS) is 12.9. The number of hydrogen-bond donors (Lipinski definition) is 1. The van der Waals surface area contributed by atoms with Crippen molar-refractivity contribution in [2.75, 3.05) is 6.54 Å². The molecule has 0 aromatic rings. The summed E-state index contributed by atoms with van der Waals surface area (Å²) in [6, 6.07) is 0. The second-order valence-electron chi connectivity index (χ2n) is 5.92. The zero-order valence-corrected chi connectivity index (χ0v) is 10.6. The lowest BCUT2D eigenvalue weighted by atomic mass is 9.84. The molecule has 0 aliphatic carbocycles. The molecule has 0 heterocycles. The number of allylic oxidation sites excluding steroid dienone is 1. The van der Waals surface area contributed by atoms with Crippen LogP contribution in [0.15, 0.2) is 12.7 Å². The Hall–Kier alpha value is -0.300. The van der Waals surface area contributed by atoms with Crippen LogP contribution in [0.5, 0.6) is 0 Å². The van der Waals surface area contributed by atoms with Crippen molar-refractivity contribution in [3.63, 3.8) is 0 Å². The predicted molar refractivity (Wildman–Crippen MR) is 65.6 cm³/mol. The lowest BCUT2D eigenvalue weighted by Crippen LogP contribution is -2.37. The molecule has 0 saturated carbocycles. The van der Waals surface area contributed by atoms with Crippen molar-refractivity contribution >= 4 is 0 Å². The lowest BCUT2D eigenvalue weighted by molar-refractivity contribution is 0.286. The number of rotatable bonds is 6. The van der Waals surface area contributed by atoms with Crippen LogP contribution in [0.4, 0.5) is 0 Å². The fraction of sp³-hybridized carbons (Fsp3) is 0.846. The number of nitrogens with one attached hydrogen (secondary N) is 1. The molecule has 0 radical (unpaired) electrons. The molecule has 0 aliphatic heterocycles. The van der Waals surface area contributed by atoms with Gasteiger partial charge in [0.15, 0.2) is 0 Å². The van der Waals surface area contributed by atoms with E-state index in [4.69, 9.17) is 0 Å². The molecule has 0 fully saturated rings. The van der Waals surface area contributed by atoms with Crippen LogP contribution < -0.4 is 5.32 Å². The van der Waals surface area contributed by atoms with Gasteiger partial charge in [-0.25, -0.2) is 0 Å². The molecule has 0 bridgehead atoms. The summed E-state index contributed by atoms with van der Waals surface area (Å²) in [5.41, 5.74) is 0.682. The molecular formula is C13H27N. The van der Waals surface area contributed by atoms with Crippen LogP contribution in [0.1, 0.15) is 53.9 Å². The summed E-state index contributed by atoms with van der Waals surface area (Å²) < 4.78 is 0. The number of hydrogen-bond acceptors (Lipinski definition) is 1. The van der Waals surface area contributed by atoms with Crippen molar-refractivity contribution in [2.45, 2.75) is 59.4 Å². The van der Waals surface area contributed by atoms with Gasteiger partial charge in [-0.3, -0.25) is 0 Å². The molecule has 0 aromatic heterocycles. The van der Waals surface area contributed by atoms with Crippen molar-refractivity contribution in [3.05, 3.63) is 12.7 Å². The third kappa shape index (κ3) is 8.31. The summed E-state index contributed by atoms with van der Waals surface area (Å²) >= 11 is 0. The van der Waals surface area contributed by atoms with Gasteiger partial charge >= 0.3 is 0 Å². The van der Waals surface area contributed by atoms with E-state index in [1.807, 2.05) is 6.08 Å². The van der Waals surface area contributed by atoms with Gasteiger partial charge in [-0.05, 0) is 52.0 Å². The van der Waals surface area contributed by atoms with Crippen LogP contribution in [0.2, 0.25) is 0 Å². The highest BCUT2D eigenvalue weighted by Gasteiger charge is 2.17. The van der Waals surface area contributed by atoms with E-state index in [1.165, 1.54) is 12.8 Å². The van der Waals surface area contributed by atoms with E-state index >= 15 is 0 Å². The second kappa shape index (κ2) is 5.55. The van der Waals surface area contributed by atoms with Crippen molar-refractivity contribution in [1.82, 2.24) is 5.32 Å². The standard InChI is InChI=1S/C13H27N/c1-7-8-9-13(5,6)10-11-14-12(2,3)4/h7,14H,1,8-11H2,2-6H3. The van der Waals surface area contributed by atoms with E-state index in [1.54, 1.807) is 0 Å². The Morgan fingerprint density at radius 1 is 1.07 bits per heavy atom. The molecule has 0 aromatic carbocycles. The van der Waals surface area contributed by atoms with E-state index in [9.17, 15) is 0 Å². The second-order valence-corrected chi connectivity index (χ2v) is 5.92. The molecule has 0 aliphatic rings. The maximum Gasteiger partial charge on any atom is 0.00965 e. The van der Waals surface area contributed by atoms with Gasteiger partial charge in [-0.1, -0.05) is 19.9 Å². The Morgan fingerprint density at radius 2 is 1.64 bits per heavy atom. The Balaban J connectivity index is 3.70. The van der Waals surface area contributed by atoms with Crippen LogP contribution in [-0.4, -0.2) is 12.1 Å². The smallest absolute Gasteiger partial charge is 0.00965 e. The summed E-state index contributed by atoms with van der Waals surface area (Å²) in [4.78, 5) is 0. The van der Waals surface area contributed by atoms with Crippen molar-refractivity contribution in [3.8, 4) is 0 Å². The van der Waals surface area contributed by atoms with Gasteiger partial charge in [-0.2, -0.15) is 0 Å². The molecule has 0 saturated heterocycles. The van der Waals surface area contributed by atoms with E-state index < -0.39 is 0 Å². The average Bonchev–Trinajstić information content (AvgIpc) is 1.98. The van der Waals surface area contributed by atoms with E-state index in [2.05, 4.69) is 46.5 Å². The molecule has 14 heavy (non-hydrogen) atoms. The van der Waals surface area contributed by atoms with Gasteiger partial charge < -0.3 is 5.32 Å². The first-order valence-corrected chi connectivity index (χ1v) is 5.63. The van der Waals surface area contributed by atoms with Gasteiger partial charge in [0.05, 0.1) is 0 Å². The van der Waals surface area contributed by atoms with E-state index in [0.29, 0.717) is 5.41 Å². The van der Waals surface area contributed by atoms with E-state index in [0.717, 1.165) is 13.0 Å². The average molecular weight is 197 g/mol. The summed E-state index contributed by atoms with van der Waals surface area (Å²) in [5.74, 6) is 0. The van der Waals surface area contributed by atoms with Crippen LogP contribution >= 0.6 is 0 Å². The van der Waals surface area contributed by atoms with Crippen LogP contribution in [-0.2, 0) is 0 Å². The van der Waals surface area contributed by atoms with Gasteiger partial charge in [-0.15, -0.1) is 6.58 Å². The zero-order valence-electron chi connectivity index (χ0n) is 10.6. The Morgan fingerprint density at radius 3 is 2.07 bits per heavy atom. The third-order valence-electron chi connectivity index (χ3n) is 2.48. The maximum absolute atomic E-state index is 3.77. The lowest BCUT2D eigenvalue weighted by Gasteiger charge is -2.27. The van der Waals surface area contributed by atoms with Crippen LogP contribution in [0.3, 0.4) is 0 Å². The van der Waals surface area contributed by atoms with E-state index in [-0.39, 0.29) is 5.54 Å². The summed E-state index contributed by atoms with van der Waals surface area (Å²) in [5, 5.41) is 3.53. The third-order valence-corrected chi connectivity index (χ3v) is 2.48. The first-order valence-electron chi connectivity index (χ1n) is 5.63. The van der Waals surface area contributed by atoms with Crippen molar-refractivity contribution in [2.24, 2.45) is 5.41 Å². The Bertz CT molecular complexity index is 163. The fourth-order valence-electron chi connectivity index (χ4n) is 1.39. The van der Waals surface area contributed by atoms with Crippen LogP contribution in [0, 0.1) is 5.41 Å². The molecular weight excluding hydrogens is 170 g/mol. The minimum atomic E-state index is 0.245. The first-order chi connectivity index (χ1) is 6.27. The fourth-order valence-corrected chi connectivity index (χ4v) is 1.39. The maximum atomic E-state index is 3.77. The highest BCUT2D eigenvalue weighted by molar-refractivity contribution is 4.78. The molecule has 0 atom stereocenters. The summed E-state index contributed by atoms with van der Waals surface area (Å²) in [6.45, 7) is 16.2. The summed E-state index contributed by atoms with van der Waals surface area (Å²) in [7, 11) is 0. The zero-order chi connectivity index (χ0) is 11.2. The Labute approximate surface area is 90.0 Å². The molecule has 0 unspecified atom stereocenters. The van der Waals surface area contributed by atoms with Crippen LogP contribution in [0.25, 0.3) is 0 Å². The molecule has 1 nitrogen and oxygen atoms in total. The summed E-state index contributed by atoms with van der Waals surface area (Å²) in [6.07, 6.45) is 5.61. The monoisotopic (exact) mass is 197 g/mol. The topological polar surface area (TPSA) is 12.0 Å². The van der Waals surface area contributed by atoms with Gasteiger partial charge in [0.2, 0.25) is 0 Å². The largest absolute Gasteiger partial charge is 0.312 e. The minimum absolute atomic E-state index is 0.245. The molecule has 0 rings (SSSR count).